The van der Waals surface area contributed by atoms with Gasteiger partial charge in [-0.2, -0.15) is 0 Å². The van der Waals surface area contributed by atoms with Gasteiger partial charge in [0.1, 0.15) is 6.10 Å². The van der Waals surface area contributed by atoms with Crippen LogP contribution in [0.2, 0.25) is 65.0 Å². The molecule has 0 heterocycles. The van der Waals surface area contributed by atoms with E-state index < -0.39 is 51.9 Å². The maximum Gasteiger partial charge on any atom is 0.333 e. The second-order valence-corrected chi connectivity index (χ2v) is 28.0. The summed E-state index contributed by atoms with van der Waals surface area (Å²) in [4.78, 5) is 11.8. The molecule has 1 N–H and O–H groups in total. The molecule has 1 aliphatic rings. The van der Waals surface area contributed by atoms with Crippen LogP contribution in [0.4, 0.5) is 0 Å². The highest BCUT2D eigenvalue weighted by molar-refractivity contribution is 6.89. The SMILES string of the molecule is C=C(C)C(=O)OC1CCC(CC[Si](C)(O[Si](C)(C)C)O[Si](C)(C)O[Si](C)(C)C)CC1O. The molecule has 0 radical (unpaired) electrons. The van der Waals surface area contributed by atoms with Crippen LogP contribution >= 0.6 is 0 Å². The average molecular weight is 507 g/mol. The lowest BCUT2D eigenvalue weighted by atomic mass is 9.84. The van der Waals surface area contributed by atoms with E-state index in [1.54, 1.807) is 6.92 Å². The maximum absolute atomic E-state index is 11.8. The van der Waals surface area contributed by atoms with Crippen LogP contribution in [0.3, 0.4) is 0 Å². The number of carbonyl (C=O) groups excluding carboxylic acids is 1. The second-order valence-electron chi connectivity index (χ2n) is 11.6. The Hall–Kier alpha value is -0.0825. The van der Waals surface area contributed by atoms with Crippen LogP contribution in [-0.2, 0) is 21.9 Å². The molecular weight excluding hydrogens is 461 g/mol. The van der Waals surface area contributed by atoms with E-state index in [0.29, 0.717) is 24.3 Å². The van der Waals surface area contributed by atoms with Crippen LogP contribution in [0.15, 0.2) is 12.2 Å². The first-order valence-electron chi connectivity index (χ1n) is 11.5. The molecule has 0 amide bonds. The first kappa shape index (κ1) is 28.9. The summed E-state index contributed by atoms with van der Waals surface area (Å²) >= 11 is 0. The lowest BCUT2D eigenvalue weighted by Gasteiger charge is -2.42. The highest BCUT2D eigenvalue weighted by atomic mass is 28.5. The molecule has 0 bridgehead atoms. The van der Waals surface area contributed by atoms with Gasteiger partial charge in [-0.05, 0) is 103 Å². The highest BCUT2D eigenvalue weighted by Gasteiger charge is 2.45. The molecule has 1 fully saturated rings. The van der Waals surface area contributed by atoms with Crippen molar-refractivity contribution in [3.05, 3.63) is 12.2 Å². The Morgan fingerprint density at radius 2 is 1.48 bits per heavy atom. The molecule has 4 unspecified atom stereocenters. The summed E-state index contributed by atoms with van der Waals surface area (Å²) in [5.74, 6) is -0.0489. The van der Waals surface area contributed by atoms with Crippen molar-refractivity contribution in [3.8, 4) is 0 Å². The standard InChI is InChI=1S/C21H46O6Si4/c1-17(2)21(23)24-20-13-12-18(16-19(20)22)14-15-31(11,26-29(6,7)8)27-30(9,10)25-28(3,4)5/h18-20,22H,1,12-16H2,2-11H3. The van der Waals surface area contributed by atoms with Gasteiger partial charge in [-0.25, -0.2) is 4.79 Å². The van der Waals surface area contributed by atoms with Crippen molar-refractivity contribution < 1.29 is 27.0 Å². The molecule has 4 atom stereocenters. The van der Waals surface area contributed by atoms with Gasteiger partial charge in [0.2, 0.25) is 0 Å². The number of aliphatic hydroxyl groups excluding tert-OH is 1. The van der Waals surface area contributed by atoms with Gasteiger partial charge in [-0.1, -0.05) is 6.58 Å². The summed E-state index contributed by atoms with van der Waals surface area (Å²) in [6, 6.07) is 0.885. The van der Waals surface area contributed by atoms with Gasteiger partial charge in [0.25, 0.3) is 0 Å². The van der Waals surface area contributed by atoms with E-state index in [0.717, 1.165) is 18.9 Å². The molecule has 31 heavy (non-hydrogen) atoms. The minimum atomic E-state index is -2.44. The molecule has 182 valence electrons. The molecule has 10 heteroatoms. The van der Waals surface area contributed by atoms with Crippen molar-refractivity contribution >= 4 is 39.7 Å². The van der Waals surface area contributed by atoms with E-state index in [2.05, 4.69) is 65.5 Å². The number of carbonyl (C=O) groups is 1. The fourth-order valence-corrected chi connectivity index (χ4v) is 22.4. The summed E-state index contributed by atoms with van der Waals surface area (Å²) in [6.07, 6.45) is 2.12. The maximum atomic E-state index is 11.8. The van der Waals surface area contributed by atoms with E-state index in [-0.39, 0.29) is 0 Å². The highest BCUT2D eigenvalue weighted by Crippen LogP contribution is 2.34. The van der Waals surface area contributed by atoms with Gasteiger partial charge in [0.15, 0.2) is 16.6 Å². The zero-order chi connectivity index (χ0) is 24.3. The first-order chi connectivity index (χ1) is 13.8. The number of hydrogen-bond acceptors (Lipinski definition) is 6. The summed E-state index contributed by atoms with van der Waals surface area (Å²) in [5, 5.41) is 10.5. The summed E-state index contributed by atoms with van der Waals surface area (Å²) < 4.78 is 25.3. The molecule has 0 aromatic heterocycles. The van der Waals surface area contributed by atoms with Crippen molar-refractivity contribution in [3.63, 3.8) is 0 Å². The van der Waals surface area contributed by atoms with E-state index in [4.69, 9.17) is 17.1 Å². The molecule has 0 aromatic rings. The second kappa shape index (κ2) is 10.9. The van der Waals surface area contributed by atoms with Crippen LogP contribution in [0.5, 0.6) is 0 Å². The number of hydrogen-bond donors (Lipinski definition) is 1. The smallest absolute Gasteiger partial charge is 0.333 e. The summed E-state index contributed by atoms with van der Waals surface area (Å²) in [7, 11) is -8.25. The molecule has 0 aromatic carbocycles. The normalized spacial score (nSPS) is 25.1. The molecule has 0 aliphatic heterocycles. The van der Waals surface area contributed by atoms with E-state index in [9.17, 15) is 9.90 Å². The fraction of sp³-hybridized carbons (Fsp3) is 0.857. The Morgan fingerprint density at radius 1 is 0.935 bits per heavy atom. The zero-order valence-electron chi connectivity index (χ0n) is 21.5. The molecule has 0 saturated heterocycles. The predicted molar refractivity (Wildman–Crippen MR) is 137 cm³/mol. The largest absolute Gasteiger partial charge is 0.456 e. The van der Waals surface area contributed by atoms with Crippen molar-refractivity contribution in [2.24, 2.45) is 5.92 Å². The number of aliphatic hydroxyl groups is 1. The zero-order valence-corrected chi connectivity index (χ0v) is 25.5. The third-order valence-corrected chi connectivity index (χ3v) is 18.5. The first-order valence-corrected chi connectivity index (χ1v) is 23.6. The Kier molecular flexibility index (Phi) is 10.2. The van der Waals surface area contributed by atoms with E-state index in [1.807, 2.05) is 0 Å². The Morgan fingerprint density at radius 3 is 1.94 bits per heavy atom. The van der Waals surface area contributed by atoms with Crippen LogP contribution in [0.25, 0.3) is 0 Å². The van der Waals surface area contributed by atoms with Crippen molar-refractivity contribution in [2.45, 2.75) is 110 Å². The Balaban J connectivity index is 2.77. The minimum Gasteiger partial charge on any atom is -0.456 e. The topological polar surface area (TPSA) is 74.2 Å². The summed E-state index contributed by atoms with van der Waals surface area (Å²) in [6.45, 7) is 24.9. The number of rotatable bonds is 11. The lowest BCUT2D eigenvalue weighted by molar-refractivity contribution is -0.154. The number of ether oxygens (including phenoxy) is 1. The molecule has 1 aliphatic carbocycles. The summed E-state index contributed by atoms with van der Waals surface area (Å²) in [5.41, 5.74) is 0.365. The van der Waals surface area contributed by atoms with Gasteiger partial charge >= 0.3 is 23.1 Å². The van der Waals surface area contributed by atoms with Crippen LogP contribution in [0, 0.1) is 5.92 Å². The van der Waals surface area contributed by atoms with Crippen LogP contribution in [-0.4, -0.2) is 57.0 Å². The van der Waals surface area contributed by atoms with Gasteiger partial charge in [0, 0.05) is 5.57 Å². The Bertz CT molecular complexity index is 628. The van der Waals surface area contributed by atoms with E-state index in [1.165, 1.54) is 0 Å². The molecule has 1 rings (SSSR count). The van der Waals surface area contributed by atoms with E-state index >= 15 is 0 Å². The van der Waals surface area contributed by atoms with Gasteiger partial charge < -0.3 is 22.2 Å². The third kappa shape index (κ3) is 11.6. The third-order valence-electron chi connectivity index (χ3n) is 5.01. The molecule has 0 spiro atoms. The van der Waals surface area contributed by atoms with Crippen LogP contribution in [0.1, 0.15) is 32.6 Å². The van der Waals surface area contributed by atoms with Crippen molar-refractivity contribution in [2.75, 3.05) is 0 Å². The van der Waals surface area contributed by atoms with Crippen molar-refractivity contribution in [1.82, 2.24) is 0 Å². The predicted octanol–water partition coefficient (Wildman–Crippen LogP) is 5.52. The fourth-order valence-electron chi connectivity index (χ4n) is 4.36. The Labute approximate surface area is 194 Å². The minimum absolute atomic E-state index is 0.365. The monoisotopic (exact) mass is 506 g/mol. The van der Waals surface area contributed by atoms with Gasteiger partial charge in [-0.15, -0.1) is 0 Å². The van der Waals surface area contributed by atoms with Gasteiger partial charge in [-0.3, -0.25) is 0 Å². The lowest BCUT2D eigenvalue weighted by Crippen LogP contribution is -2.57. The quantitative estimate of drug-likeness (QED) is 0.226. The number of esters is 1. The van der Waals surface area contributed by atoms with Crippen molar-refractivity contribution in [1.29, 1.82) is 0 Å². The van der Waals surface area contributed by atoms with Gasteiger partial charge in [0.05, 0.1) is 6.10 Å². The molecular formula is C21H46O6Si4. The molecule has 6 nitrogen and oxygen atoms in total. The van der Waals surface area contributed by atoms with Crippen LogP contribution < -0.4 is 0 Å². The average Bonchev–Trinajstić information content (AvgIpc) is 2.50. The molecule has 1 saturated carbocycles.